The Bertz CT molecular complexity index is 427. The van der Waals surface area contributed by atoms with Crippen LogP contribution in [-0.2, 0) is 0 Å². The molecule has 2 rings (SSSR count). The molecule has 1 fully saturated rings. The molecule has 1 atom stereocenters. The smallest absolute Gasteiger partial charge is 0.129 e. The van der Waals surface area contributed by atoms with Crippen molar-refractivity contribution in [3.8, 4) is 0 Å². The van der Waals surface area contributed by atoms with Crippen LogP contribution in [0.2, 0.25) is 5.02 Å². The zero-order valence-electron chi connectivity index (χ0n) is 12.2. The molecule has 1 nitrogen and oxygen atoms in total. The molecule has 0 radical (unpaired) electrons. The summed E-state index contributed by atoms with van der Waals surface area (Å²) in [6.07, 6.45) is 8.67. The van der Waals surface area contributed by atoms with Gasteiger partial charge in [-0.1, -0.05) is 56.7 Å². The molecule has 1 unspecified atom stereocenters. The van der Waals surface area contributed by atoms with Gasteiger partial charge in [0.2, 0.25) is 0 Å². The summed E-state index contributed by atoms with van der Waals surface area (Å²) in [7, 11) is 0. The standard InChI is InChI=1S/C17H25ClFN/c1-2-3-4-12-5-7-13(8-6-12)17(20)15-10-9-14(18)11-16(15)19/h9-13,17H,2-8,20H2,1H3. The second-order valence-electron chi connectivity index (χ2n) is 6.11. The van der Waals surface area contributed by atoms with Crippen molar-refractivity contribution in [2.75, 3.05) is 0 Å². The molecule has 0 bridgehead atoms. The van der Waals surface area contributed by atoms with E-state index in [1.165, 1.54) is 38.2 Å². The van der Waals surface area contributed by atoms with Gasteiger partial charge >= 0.3 is 0 Å². The van der Waals surface area contributed by atoms with Crippen LogP contribution in [0.4, 0.5) is 4.39 Å². The first-order valence-corrected chi connectivity index (χ1v) is 8.20. The molecule has 1 aromatic rings. The Labute approximate surface area is 126 Å². The van der Waals surface area contributed by atoms with Crippen molar-refractivity contribution in [3.63, 3.8) is 0 Å². The lowest BCUT2D eigenvalue weighted by atomic mass is 9.75. The van der Waals surface area contributed by atoms with Gasteiger partial charge in [0.15, 0.2) is 0 Å². The first kappa shape index (κ1) is 15.8. The number of unbranched alkanes of at least 4 members (excludes halogenated alkanes) is 1. The van der Waals surface area contributed by atoms with Gasteiger partial charge in [-0.05, 0) is 36.8 Å². The Balaban J connectivity index is 1.92. The molecule has 0 amide bonds. The number of hydrogen-bond donors (Lipinski definition) is 1. The Kier molecular flexibility index (Phi) is 5.86. The molecule has 0 saturated heterocycles. The van der Waals surface area contributed by atoms with Crippen LogP contribution in [0.5, 0.6) is 0 Å². The van der Waals surface area contributed by atoms with Crippen molar-refractivity contribution in [1.82, 2.24) is 0 Å². The molecule has 1 saturated carbocycles. The minimum atomic E-state index is -0.266. The van der Waals surface area contributed by atoms with E-state index in [1.54, 1.807) is 12.1 Å². The zero-order valence-corrected chi connectivity index (χ0v) is 13.0. The molecule has 1 aliphatic carbocycles. The van der Waals surface area contributed by atoms with Crippen LogP contribution in [0, 0.1) is 17.7 Å². The number of halogens is 2. The van der Waals surface area contributed by atoms with Crippen LogP contribution in [0.3, 0.4) is 0 Å². The predicted octanol–water partition coefficient (Wildman–Crippen LogP) is 5.48. The fraction of sp³-hybridized carbons (Fsp3) is 0.647. The van der Waals surface area contributed by atoms with E-state index in [9.17, 15) is 4.39 Å². The van der Waals surface area contributed by atoms with Gasteiger partial charge in [-0.2, -0.15) is 0 Å². The topological polar surface area (TPSA) is 26.0 Å². The summed E-state index contributed by atoms with van der Waals surface area (Å²) in [6, 6.07) is 4.64. The maximum absolute atomic E-state index is 13.9. The first-order chi connectivity index (χ1) is 9.61. The van der Waals surface area contributed by atoms with E-state index in [1.807, 2.05) is 0 Å². The normalized spacial score (nSPS) is 24.6. The third-order valence-corrected chi connectivity index (χ3v) is 4.92. The van der Waals surface area contributed by atoms with E-state index in [2.05, 4.69) is 6.92 Å². The van der Waals surface area contributed by atoms with Crippen LogP contribution < -0.4 is 5.73 Å². The second-order valence-corrected chi connectivity index (χ2v) is 6.55. The quantitative estimate of drug-likeness (QED) is 0.765. The fourth-order valence-corrected chi connectivity index (χ4v) is 3.51. The number of benzene rings is 1. The van der Waals surface area contributed by atoms with Crippen LogP contribution in [0.25, 0.3) is 0 Å². The van der Waals surface area contributed by atoms with Crippen molar-refractivity contribution < 1.29 is 4.39 Å². The van der Waals surface area contributed by atoms with E-state index in [0.29, 0.717) is 16.5 Å². The average Bonchev–Trinajstić information content (AvgIpc) is 2.45. The van der Waals surface area contributed by atoms with E-state index in [4.69, 9.17) is 17.3 Å². The Morgan fingerprint density at radius 2 is 2.00 bits per heavy atom. The van der Waals surface area contributed by atoms with Crippen LogP contribution in [0.1, 0.15) is 63.5 Å². The monoisotopic (exact) mass is 297 g/mol. The van der Waals surface area contributed by atoms with Gasteiger partial charge in [-0.3, -0.25) is 0 Å². The molecule has 0 aliphatic heterocycles. The summed E-state index contributed by atoms with van der Waals surface area (Å²) in [5.41, 5.74) is 6.90. The highest BCUT2D eigenvalue weighted by Crippen LogP contribution is 2.38. The van der Waals surface area contributed by atoms with Crippen LogP contribution in [-0.4, -0.2) is 0 Å². The van der Waals surface area contributed by atoms with Gasteiger partial charge < -0.3 is 5.73 Å². The highest BCUT2D eigenvalue weighted by atomic mass is 35.5. The first-order valence-electron chi connectivity index (χ1n) is 7.82. The van der Waals surface area contributed by atoms with E-state index in [-0.39, 0.29) is 11.9 Å². The molecule has 0 heterocycles. The van der Waals surface area contributed by atoms with E-state index >= 15 is 0 Å². The summed E-state index contributed by atoms with van der Waals surface area (Å²) < 4.78 is 13.9. The molecular formula is C17H25ClFN. The summed E-state index contributed by atoms with van der Waals surface area (Å²) in [5, 5.41) is 0.432. The van der Waals surface area contributed by atoms with Gasteiger partial charge in [0.1, 0.15) is 5.82 Å². The Morgan fingerprint density at radius 3 is 2.60 bits per heavy atom. The van der Waals surface area contributed by atoms with Gasteiger partial charge in [-0.15, -0.1) is 0 Å². The number of hydrogen-bond acceptors (Lipinski definition) is 1. The van der Waals surface area contributed by atoms with E-state index in [0.717, 1.165) is 18.8 Å². The third-order valence-electron chi connectivity index (χ3n) is 4.69. The molecule has 2 N–H and O–H groups in total. The summed E-state index contributed by atoms with van der Waals surface area (Å²) in [4.78, 5) is 0. The fourth-order valence-electron chi connectivity index (χ4n) is 3.35. The van der Waals surface area contributed by atoms with Crippen molar-refractivity contribution in [2.45, 2.75) is 57.9 Å². The highest BCUT2D eigenvalue weighted by molar-refractivity contribution is 6.30. The largest absolute Gasteiger partial charge is 0.324 e. The maximum atomic E-state index is 13.9. The van der Waals surface area contributed by atoms with Gasteiger partial charge in [0, 0.05) is 16.6 Å². The van der Waals surface area contributed by atoms with Crippen molar-refractivity contribution >= 4 is 11.6 Å². The summed E-state index contributed by atoms with van der Waals surface area (Å²) in [5.74, 6) is 0.995. The summed E-state index contributed by atoms with van der Waals surface area (Å²) >= 11 is 5.79. The third kappa shape index (κ3) is 3.95. The molecule has 0 spiro atoms. The molecule has 1 aromatic carbocycles. The Morgan fingerprint density at radius 1 is 1.30 bits per heavy atom. The molecule has 20 heavy (non-hydrogen) atoms. The van der Waals surface area contributed by atoms with Gasteiger partial charge in [-0.25, -0.2) is 4.39 Å². The lowest BCUT2D eigenvalue weighted by Crippen LogP contribution is -2.26. The maximum Gasteiger partial charge on any atom is 0.129 e. The Hall–Kier alpha value is -0.600. The van der Waals surface area contributed by atoms with Crippen LogP contribution in [0.15, 0.2) is 18.2 Å². The molecule has 1 aliphatic rings. The molecule has 0 aromatic heterocycles. The minimum Gasteiger partial charge on any atom is -0.324 e. The van der Waals surface area contributed by atoms with Gasteiger partial charge in [0.25, 0.3) is 0 Å². The molecule has 3 heteroatoms. The summed E-state index contributed by atoms with van der Waals surface area (Å²) in [6.45, 7) is 2.24. The average molecular weight is 298 g/mol. The van der Waals surface area contributed by atoms with Crippen LogP contribution >= 0.6 is 11.6 Å². The number of rotatable bonds is 5. The van der Waals surface area contributed by atoms with Crippen molar-refractivity contribution in [1.29, 1.82) is 0 Å². The number of nitrogens with two attached hydrogens (primary N) is 1. The minimum absolute atomic E-state index is 0.195. The lowest BCUT2D eigenvalue weighted by Gasteiger charge is -2.32. The van der Waals surface area contributed by atoms with Crippen molar-refractivity contribution in [2.24, 2.45) is 17.6 Å². The molecular weight excluding hydrogens is 273 g/mol. The highest BCUT2D eigenvalue weighted by Gasteiger charge is 2.27. The van der Waals surface area contributed by atoms with E-state index < -0.39 is 0 Å². The second kappa shape index (κ2) is 7.42. The lowest BCUT2D eigenvalue weighted by molar-refractivity contribution is 0.230. The zero-order chi connectivity index (χ0) is 14.5. The predicted molar refractivity (Wildman–Crippen MR) is 83.3 cm³/mol. The molecule has 112 valence electrons. The van der Waals surface area contributed by atoms with Crippen molar-refractivity contribution in [3.05, 3.63) is 34.6 Å². The SMILES string of the molecule is CCCCC1CCC(C(N)c2ccc(Cl)cc2F)CC1. The van der Waals surface area contributed by atoms with Gasteiger partial charge in [0.05, 0.1) is 0 Å².